The van der Waals surface area contributed by atoms with Gasteiger partial charge in [-0.1, -0.05) is 6.07 Å². The van der Waals surface area contributed by atoms with E-state index in [0.717, 1.165) is 37.0 Å². The summed E-state index contributed by atoms with van der Waals surface area (Å²) < 4.78 is 0. The molecule has 0 spiro atoms. The topological polar surface area (TPSA) is 92.0 Å². The Kier molecular flexibility index (Phi) is 2.98. The van der Waals surface area contributed by atoms with Crippen LogP contribution in [-0.2, 0) is 0 Å². The number of hydrogen-bond donors (Lipinski definition) is 3. The molecule has 1 saturated carbocycles. The molecule has 0 radical (unpaired) electrons. The van der Waals surface area contributed by atoms with Crippen molar-refractivity contribution < 1.29 is 9.90 Å². The first-order valence-electron chi connectivity index (χ1n) is 6.62. The van der Waals surface area contributed by atoms with Gasteiger partial charge in [0.25, 0.3) is 0 Å². The SMILES string of the molecule is N[C@H]1CC[C@@H](c2nc3cccc(C(=O)O)c3[nH]2)CC1. The highest BCUT2D eigenvalue weighted by molar-refractivity contribution is 6.00. The number of aromatic carboxylic acids is 1. The van der Waals surface area contributed by atoms with E-state index in [9.17, 15) is 9.90 Å². The fourth-order valence-corrected chi connectivity index (χ4v) is 2.81. The van der Waals surface area contributed by atoms with Crippen LogP contribution in [0, 0.1) is 0 Å². The lowest BCUT2D eigenvalue weighted by atomic mass is 9.86. The Labute approximate surface area is 110 Å². The minimum Gasteiger partial charge on any atom is -0.478 e. The number of nitrogens with zero attached hydrogens (tertiary/aromatic N) is 1. The molecule has 0 atom stereocenters. The van der Waals surface area contributed by atoms with E-state index >= 15 is 0 Å². The number of para-hydroxylation sites is 1. The summed E-state index contributed by atoms with van der Waals surface area (Å²) in [5.41, 5.74) is 7.54. The quantitative estimate of drug-likeness (QED) is 0.771. The molecule has 0 bridgehead atoms. The smallest absolute Gasteiger partial charge is 0.337 e. The van der Waals surface area contributed by atoms with Crippen molar-refractivity contribution in [1.29, 1.82) is 0 Å². The molecule has 1 heterocycles. The van der Waals surface area contributed by atoms with Crippen molar-refractivity contribution in [3.05, 3.63) is 29.6 Å². The maximum absolute atomic E-state index is 11.2. The number of H-pyrrole nitrogens is 1. The molecule has 0 unspecified atom stereocenters. The largest absolute Gasteiger partial charge is 0.478 e. The second kappa shape index (κ2) is 4.66. The zero-order valence-corrected chi connectivity index (χ0v) is 10.6. The van der Waals surface area contributed by atoms with Crippen molar-refractivity contribution in [1.82, 2.24) is 9.97 Å². The van der Waals surface area contributed by atoms with Gasteiger partial charge in [0, 0.05) is 12.0 Å². The number of carboxylic acids is 1. The number of hydrogen-bond acceptors (Lipinski definition) is 3. The van der Waals surface area contributed by atoms with Crippen LogP contribution >= 0.6 is 0 Å². The number of carboxylic acid groups (broad SMARTS) is 1. The number of fused-ring (bicyclic) bond motifs is 1. The van der Waals surface area contributed by atoms with E-state index in [1.165, 1.54) is 0 Å². The zero-order valence-electron chi connectivity index (χ0n) is 10.6. The number of nitrogens with two attached hydrogens (primary N) is 1. The van der Waals surface area contributed by atoms with Crippen LogP contribution in [0.25, 0.3) is 11.0 Å². The molecule has 1 fully saturated rings. The lowest BCUT2D eigenvalue weighted by Crippen LogP contribution is -2.26. The molecule has 5 heteroatoms. The molecule has 1 aliphatic carbocycles. The average Bonchev–Trinajstić information content (AvgIpc) is 2.82. The first-order valence-corrected chi connectivity index (χ1v) is 6.62. The van der Waals surface area contributed by atoms with Crippen LogP contribution in [0.1, 0.15) is 47.8 Å². The summed E-state index contributed by atoms with van der Waals surface area (Å²) in [6.07, 6.45) is 4.05. The maximum Gasteiger partial charge on any atom is 0.337 e. The Balaban J connectivity index is 1.98. The molecule has 5 nitrogen and oxygen atoms in total. The molecule has 2 aromatic rings. The average molecular weight is 259 g/mol. The number of nitrogens with one attached hydrogen (secondary N) is 1. The van der Waals surface area contributed by atoms with E-state index < -0.39 is 5.97 Å². The second-order valence-electron chi connectivity index (χ2n) is 5.24. The fourth-order valence-electron chi connectivity index (χ4n) is 2.81. The normalized spacial score (nSPS) is 23.6. The Morgan fingerprint density at radius 2 is 2.05 bits per heavy atom. The number of carbonyl (C=O) groups is 1. The molecule has 1 aliphatic rings. The Bertz CT molecular complexity index is 612. The lowest BCUT2D eigenvalue weighted by Gasteiger charge is -2.24. The van der Waals surface area contributed by atoms with Crippen molar-refractivity contribution in [2.75, 3.05) is 0 Å². The second-order valence-corrected chi connectivity index (χ2v) is 5.24. The summed E-state index contributed by atoms with van der Waals surface area (Å²) in [5, 5.41) is 9.17. The van der Waals surface area contributed by atoms with Crippen LogP contribution in [0.3, 0.4) is 0 Å². The van der Waals surface area contributed by atoms with E-state index in [1.54, 1.807) is 12.1 Å². The summed E-state index contributed by atoms with van der Waals surface area (Å²) >= 11 is 0. The maximum atomic E-state index is 11.2. The van der Waals surface area contributed by atoms with Crippen LogP contribution in [0.2, 0.25) is 0 Å². The Morgan fingerprint density at radius 1 is 1.32 bits per heavy atom. The number of imidazole rings is 1. The fraction of sp³-hybridized carbons (Fsp3) is 0.429. The molecule has 0 saturated heterocycles. The van der Waals surface area contributed by atoms with Crippen molar-refractivity contribution in [2.24, 2.45) is 5.73 Å². The van der Waals surface area contributed by atoms with Crippen LogP contribution in [0.4, 0.5) is 0 Å². The van der Waals surface area contributed by atoms with Gasteiger partial charge in [0.05, 0.1) is 16.6 Å². The predicted octanol–water partition coefficient (Wildman–Crippen LogP) is 2.25. The van der Waals surface area contributed by atoms with Crippen molar-refractivity contribution in [3.63, 3.8) is 0 Å². The highest BCUT2D eigenvalue weighted by Gasteiger charge is 2.23. The molecule has 0 aliphatic heterocycles. The van der Waals surface area contributed by atoms with Gasteiger partial charge in [0.2, 0.25) is 0 Å². The van der Waals surface area contributed by atoms with Crippen molar-refractivity contribution in [2.45, 2.75) is 37.6 Å². The summed E-state index contributed by atoms with van der Waals surface area (Å²) in [4.78, 5) is 18.9. The predicted molar refractivity (Wildman–Crippen MR) is 72.2 cm³/mol. The van der Waals surface area contributed by atoms with Gasteiger partial charge in [0.15, 0.2) is 0 Å². The number of rotatable bonds is 2. The van der Waals surface area contributed by atoms with Crippen molar-refractivity contribution >= 4 is 17.0 Å². The van der Waals surface area contributed by atoms with E-state index in [1.807, 2.05) is 6.07 Å². The number of aromatic nitrogens is 2. The number of benzene rings is 1. The van der Waals surface area contributed by atoms with Gasteiger partial charge in [-0.2, -0.15) is 0 Å². The third kappa shape index (κ3) is 2.21. The van der Waals surface area contributed by atoms with Gasteiger partial charge in [-0.05, 0) is 37.8 Å². The molecule has 1 aromatic heterocycles. The Hall–Kier alpha value is -1.88. The molecule has 1 aromatic carbocycles. The van der Waals surface area contributed by atoms with Gasteiger partial charge in [-0.3, -0.25) is 0 Å². The molecule has 4 N–H and O–H groups in total. The first-order chi connectivity index (χ1) is 9.15. The first kappa shape index (κ1) is 12.2. The van der Waals surface area contributed by atoms with Crippen LogP contribution in [0.15, 0.2) is 18.2 Å². The third-order valence-corrected chi connectivity index (χ3v) is 3.93. The van der Waals surface area contributed by atoms with Crippen molar-refractivity contribution in [3.8, 4) is 0 Å². The molecule has 0 amide bonds. The summed E-state index contributed by atoms with van der Waals surface area (Å²) in [7, 11) is 0. The third-order valence-electron chi connectivity index (χ3n) is 3.93. The highest BCUT2D eigenvalue weighted by atomic mass is 16.4. The van der Waals surface area contributed by atoms with Gasteiger partial charge in [0.1, 0.15) is 5.82 Å². The summed E-state index contributed by atoms with van der Waals surface area (Å²) in [5.74, 6) is 0.343. The number of aromatic amines is 1. The lowest BCUT2D eigenvalue weighted by molar-refractivity contribution is 0.0699. The summed E-state index contributed by atoms with van der Waals surface area (Å²) in [6.45, 7) is 0. The van der Waals surface area contributed by atoms with E-state index in [4.69, 9.17) is 5.73 Å². The molecule has 19 heavy (non-hydrogen) atoms. The molecular weight excluding hydrogens is 242 g/mol. The van der Waals surface area contributed by atoms with E-state index in [-0.39, 0.29) is 5.56 Å². The van der Waals surface area contributed by atoms with Crippen LogP contribution < -0.4 is 5.73 Å². The van der Waals surface area contributed by atoms with Crippen LogP contribution in [-0.4, -0.2) is 27.1 Å². The highest BCUT2D eigenvalue weighted by Crippen LogP contribution is 2.32. The van der Waals surface area contributed by atoms with Gasteiger partial charge in [-0.15, -0.1) is 0 Å². The van der Waals surface area contributed by atoms with Gasteiger partial charge < -0.3 is 15.8 Å². The minimum absolute atomic E-state index is 0.281. The van der Waals surface area contributed by atoms with Crippen LogP contribution in [0.5, 0.6) is 0 Å². The molecule has 3 rings (SSSR count). The molecule has 100 valence electrons. The van der Waals surface area contributed by atoms with E-state index in [0.29, 0.717) is 17.5 Å². The Morgan fingerprint density at radius 3 is 2.74 bits per heavy atom. The monoisotopic (exact) mass is 259 g/mol. The zero-order chi connectivity index (χ0) is 13.4. The summed E-state index contributed by atoms with van der Waals surface area (Å²) in [6, 6.07) is 5.47. The standard InChI is InChI=1S/C14H17N3O2/c15-9-6-4-8(5-7-9)13-16-11-3-1-2-10(14(18)19)12(11)17-13/h1-3,8-9H,4-7,15H2,(H,16,17)(H,18,19)/t8-,9+. The van der Waals surface area contributed by atoms with Gasteiger partial charge >= 0.3 is 5.97 Å². The molecular formula is C14H17N3O2. The minimum atomic E-state index is -0.925. The van der Waals surface area contributed by atoms with E-state index in [2.05, 4.69) is 9.97 Å². The van der Waals surface area contributed by atoms with Gasteiger partial charge in [-0.25, -0.2) is 9.78 Å².